The number of alkyl halides is 3. The monoisotopic (exact) mass is 487 g/mol. The number of carbonyl (C=O) groups is 1. The molecule has 2 aromatic rings. The van der Waals surface area contributed by atoms with Crippen LogP contribution in [0.2, 0.25) is 0 Å². The van der Waals surface area contributed by atoms with Crippen LogP contribution in [0.1, 0.15) is 43.2 Å². The summed E-state index contributed by atoms with van der Waals surface area (Å²) in [6.07, 6.45) is 2.00. The third-order valence-electron chi connectivity index (χ3n) is 7.86. The van der Waals surface area contributed by atoms with Gasteiger partial charge in [0.2, 0.25) is 5.91 Å². The van der Waals surface area contributed by atoms with Crippen molar-refractivity contribution in [3.05, 3.63) is 53.6 Å². The van der Waals surface area contributed by atoms with Crippen molar-refractivity contribution in [1.29, 1.82) is 0 Å². The molecule has 2 aliphatic heterocycles. The van der Waals surface area contributed by atoms with E-state index < -0.39 is 17.7 Å². The zero-order valence-corrected chi connectivity index (χ0v) is 20.0. The second-order valence-corrected chi connectivity index (χ2v) is 9.92. The van der Waals surface area contributed by atoms with E-state index in [4.69, 9.17) is 4.74 Å². The highest BCUT2D eigenvalue weighted by atomic mass is 19.4. The van der Waals surface area contributed by atoms with Crippen molar-refractivity contribution in [2.45, 2.75) is 56.8 Å². The summed E-state index contributed by atoms with van der Waals surface area (Å²) in [5, 5.41) is 3.00. The molecule has 35 heavy (non-hydrogen) atoms. The number of hydrogen-bond donors (Lipinski definition) is 1. The molecule has 1 saturated carbocycles. The summed E-state index contributed by atoms with van der Waals surface area (Å²) >= 11 is 0. The highest BCUT2D eigenvalue weighted by Crippen LogP contribution is 2.40. The first-order valence-electron chi connectivity index (χ1n) is 12.5. The van der Waals surface area contributed by atoms with Crippen LogP contribution in [0.15, 0.2) is 42.5 Å². The Labute approximate surface area is 204 Å². The molecule has 0 spiro atoms. The van der Waals surface area contributed by atoms with Crippen LogP contribution in [-0.2, 0) is 17.4 Å². The summed E-state index contributed by atoms with van der Waals surface area (Å²) in [7, 11) is 1.58. The number of hydrogen-bond acceptors (Lipinski definition) is 4. The molecule has 5 rings (SSSR count). The fourth-order valence-corrected chi connectivity index (χ4v) is 6.01. The number of ether oxygens (including phenoxy) is 1. The van der Waals surface area contributed by atoms with E-state index in [0.717, 1.165) is 18.8 Å². The molecule has 1 aliphatic carbocycles. The number of piperazine rings is 1. The van der Waals surface area contributed by atoms with Crippen molar-refractivity contribution in [2.24, 2.45) is 5.92 Å². The SMILES string of the molecule is COc1ccc(NC(=O)[C@H]2Cc3cc(C(F)(F)F)ccc3N3CCN(C4CCCCC4)C[C@H]23)cc1. The lowest BCUT2D eigenvalue weighted by Gasteiger charge is -2.51. The molecule has 3 aliphatic rings. The number of nitrogens with zero attached hydrogens (tertiary/aromatic N) is 2. The van der Waals surface area contributed by atoms with Crippen molar-refractivity contribution >= 4 is 17.3 Å². The van der Waals surface area contributed by atoms with Crippen LogP contribution >= 0.6 is 0 Å². The van der Waals surface area contributed by atoms with Gasteiger partial charge in [0.15, 0.2) is 0 Å². The molecule has 2 fully saturated rings. The summed E-state index contributed by atoms with van der Waals surface area (Å²) in [6, 6.07) is 11.6. The predicted molar refractivity (Wildman–Crippen MR) is 130 cm³/mol. The molecule has 0 aromatic heterocycles. The zero-order valence-electron chi connectivity index (χ0n) is 20.0. The van der Waals surface area contributed by atoms with Crippen LogP contribution in [0.3, 0.4) is 0 Å². The molecular formula is C27H32F3N3O2. The van der Waals surface area contributed by atoms with Crippen molar-refractivity contribution in [3.8, 4) is 5.75 Å². The largest absolute Gasteiger partial charge is 0.497 e. The molecule has 1 N–H and O–H groups in total. The summed E-state index contributed by atoms with van der Waals surface area (Å²) in [5.41, 5.74) is 1.42. The standard InChI is InChI=1S/C27H32F3N3O2/c1-35-22-10-8-20(9-11-22)31-26(34)23-16-18-15-19(27(28,29)30)7-12-24(18)33-14-13-32(17-25(23)33)21-5-3-2-4-6-21/h7-12,15,21,23,25H,2-6,13-14,16-17H2,1H3,(H,31,34)/t23-,25+/m0/s1. The number of benzene rings is 2. The molecule has 0 unspecified atom stereocenters. The second-order valence-electron chi connectivity index (χ2n) is 9.92. The number of rotatable bonds is 4. The fourth-order valence-electron chi connectivity index (χ4n) is 6.01. The minimum atomic E-state index is -4.41. The van der Waals surface area contributed by atoms with Gasteiger partial charge in [0.25, 0.3) is 0 Å². The first kappa shape index (κ1) is 24.0. The van der Waals surface area contributed by atoms with E-state index in [1.807, 2.05) is 0 Å². The number of fused-ring (bicyclic) bond motifs is 3. The van der Waals surface area contributed by atoms with Gasteiger partial charge in [0.1, 0.15) is 5.75 Å². The zero-order chi connectivity index (χ0) is 24.6. The average molecular weight is 488 g/mol. The van der Waals surface area contributed by atoms with Crippen LogP contribution in [0, 0.1) is 5.92 Å². The maximum atomic E-state index is 13.5. The number of anilines is 2. The van der Waals surface area contributed by atoms with E-state index in [2.05, 4.69) is 15.1 Å². The molecule has 2 heterocycles. The number of halogens is 3. The molecule has 2 aromatic carbocycles. The number of methoxy groups -OCH3 is 1. The van der Waals surface area contributed by atoms with Gasteiger partial charge in [-0.2, -0.15) is 13.2 Å². The topological polar surface area (TPSA) is 44.8 Å². The third kappa shape index (κ3) is 4.99. The van der Waals surface area contributed by atoms with Crippen LogP contribution in [0.25, 0.3) is 0 Å². The van der Waals surface area contributed by atoms with Crippen LogP contribution < -0.4 is 15.0 Å². The third-order valence-corrected chi connectivity index (χ3v) is 7.86. The van der Waals surface area contributed by atoms with Gasteiger partial charge in [-0.25, -0.2) is 0 Å². The molecule has 0 bridgehead atoms. The lowest BCUT2D eigenvalue weighted by molar-refractivity contribution is -0.137. The van der Waals surface area contributed by atoms with E-state index in [1.54, 1.807) is 37.4 Å². The Morgan fingerprint density at radius 2 is 1.77 bits per heavy atom. The number of carbonyl (C=O) groups excluding carboxylic acids is 1. The highest BCUT2D eigenvalue weighted by Gasteiger charge is 2.43. The van der Waals surface area contributed by atoms with Crippen LogP contribution in [0.5, 0.6) is 5.75 Å². The highest BCUT2D eigenvalue weighted by molar-refractivity contribution is 5.94. The van der Waals surface area contributed by atoms with Gasteiger partial charge in [0, 0.05) is 37.1 Å². The maximum absolute atomic E-state index is 13.5. The van der Waals surface area contributed by atoms with Gasteiger partial charge in [-0.05, 0) is 67.3 Å². The van der Waals surface area contributed by atoms with E-state index in [0.29, 0.717) is 36.0 Å². The lowest BCUT2D eigenvalue weighted by Crippen LogP contribution is -2.62. The van der Waals surface area contributed by atoms with Gasteiger partial charge in [-0.15, -0.1) is 0 Å². The second kappa shape index (κ2) is 9.72. The van der Waals surface area contributed by atoms with Crippen LogP contribution in [0.4, 0.5) is 24.5 Å². The van der Waals surface area contributed by atoms with E-state index >= 15 is 0 Å². The summed E-state index contributed by atoms with van der Waals surface area (Å²) in [5.74, 6) is 0.0917. The molecule has 188 valence electrons. The summed E-state index contributed by atoms with van der Waals surface area (Å²) < 4.78 is 45.5. The molecular weight excluding hydrogens is 455 g/mol. The summed E-state index contributed by atoms with van der Waals surface area (Å²) in [6.45, 7) is 2.34. The molecule has 5 nitrogen and oxygen atoms in total. The van der Waals surface area contributed by atoms with Crippen molar-refractivity contribution < 1.29 is 22.7 Å². The number of amides is 1. The molecule has 8 heteroatoms. The first-order chi connectivity index (χ1) is 16.8. The molecule has 2 atom stereocenters. The van der Waals surface area contributed by atoms with Crippen molar-refractivity contribution in [3.63, 3.8) is 0 Å². The summed E-state index contributed by atoms with van der Waals surface area (Å²) in [4.78, 5) is 18.2. The Balaban J connectivity index is 1.43. The Morgan fingerprint density at radius 1 is 1.03 bits per heavy atom. The van der Waals surface area contributed by atoms with Gasteiger partial charge < -0.3 is 15.0 Å². The van der Waals surface area contributed by atoms with E-state index in [9.17, 15) is 18.0 Å². The van der Waals surface area contributed by atoms with Gasteiger partial charge >= 0.3 is 6.18 Å². The number of nitrogens with one attached hydrogen (secondary N) is 1. The van der Waals surface area contributed by atoms with Crippen molar-refractivity contribution in [2.75, 3.05) is 37.0 Å². The van der Waals surface area contributed by atoms with Crippen LogP contribution in [-0.4, -0.2) is 49.6 Å². The Morgan fingerprint density at radius 3 is 2.46 bits per heavy atom. The van der Waals surface area contributed by atoms with Gasteiger partial charge in [-0.3, -0.25) is 9.69 Å². The Bertz CT molecular complexity index is 1050. The Hall–Kier alpha value is -2.74. The van der Waals surface area contributed by atoms with Gasteiger partial charge in [-0.1, -0.05) is 19.3 Å². The molecule has 1 saturated heterocycles. The maximum Gasteiger partial charge on any atom is 0.416 e. The molecule has 1 amide bonds. The normalized spacial score (nSPS) is 23.4. The first-order valence-corrected chi connectivity index (χ1v) is 12.5. The quantitative estimate of drug-likeness (QED) is 0.632. The fraction of sp³-hybridized carbons (Fsp3) is 0.519. The average Bonchev–Trinajstić information content (AvgIpc) is 2.88. The van der Waals surface area contributed by atoms with Gasteiger partial charge in [0.05, 0.1) is 24.6 Å². The lowest BCUT2D eigenvalue weighted by atomic mass is 9.82. The Kier molecular flexibility index (Phi) is 6.66. The van der Waals surface area contributed by atoms with Crippen molar-refractivity contribution in [1.82, 2.24) is 4.90 Å². The van der Waals surface area contributed by atoms with E-state index in [-0.39, 0.29) is 11.9 Å². The minimum absolute atomic E-state index is 0.0758. The van der Waals surface area contributed by atoms with E-state index in [1.165, 1.54) is 44.2 Å². The smallest absolute Gasteiger partial charge is 0.416 e. The molecule has 0 radical (unpaired) electrons. The minimum Gasteiger partial charge on any atom is -0.497 e. The predicted octanol–water partition coefficient (Wildman–Crippen LogP) is 5.35.